The molecule has 36 valence electrons. The van der Waals surface area contributed by atoms with Gasteiger partial charge in [-0.25, -0.2) is 0 Å². The van der Waals surface area contributed by atoms with Crippen LogP contribution in [0.2, 0.25) is 0 Å². The Morgan fingerprint density at radius 3 is 2.50 bits per heavy atom. The second-order valence-electron chi connectivity index (χ2n) is 1.68. The van der Waals surface area contributed by atoms with Crippen LogP contribution in [0.5, 0.6) is 0 Å². The molecule has 1 N–H and O–H groups in total. The molecule has 0 bridgehead atoms. The highest BCUT2D eigenvalue weighted by Crippen LogP contribution is 2.14. The molecule has 0 amide bonds. The van der Waals surface area contributed by atoms with E-state index >= 15 is 0 Å². The summed E-state index contributed by atoms with van der Waals surface area (Å²) < 4.78 is 0. The second kappa shape index (κ2) is 1.21. The summed E-state index contributed by atoms with van der Waals surface area (Å²) in [5.41, 5.74) is 0. The van der Waals surface area contributed by atoms with Gasteiger partial charge in [0.05, 0.1) is 0 Å². The molecule has 2 heteroatoms. The monoisotopic (exact) mass is 87.1 g/mol. The van der Waals surface area contributed by atoms with E-state index < -0.39 is 0 Å². The Kier molecular flexibility index (Phi) is 0.821. The van der Waals surface area contributed by atoms with E-state index in [2.05, 4.69) is 6.92 Å². The Balaban J connectivity index is 2.09. The van der Waals surface area contributed by atoms with Crippen LogP contribution in [0.25, 0.3) is 0 Å². The Morgan fingerprint density at radius 1 is 2.00 bits per heavy atom. The van der Waals surface area contributed by atoms with E-state index in [4.69, 9.17) is 5.21 Å². The molecule has 1 aliphatic heterocycles. The van der Waals surface area contributed by atoms with Crippen LogP contribution in [-0.4, -0.2) is 22.9 Å². The van der Waals surface area contributed by atoms with Gasteiger partial charge >= 0.3 is 0 Å². The molecular weight excluding hydrogens is 78.0 g/mol. The first-order valence-corrected chi connectivity index (χ1v) is 2.30. The van der Waals surface area contributed by atoms with Gasteiger partial charge in [-0.15, -0.1) is 0 Å². The van der Waals surface area contributed by atoms with Crippen molar-refractivity contribution in [1.82, 2.24) is 5.06 Å². The molecular formula is C4H9NO. The second-order valence-corrected chi connectivity index (χ2v) is 1.68. The van der Waals surface area contributed by atoms with Crippen molar-refractivity contribution in [2.24, 2.45) is 0 Å². The molecule has 1 fully saturated rings. The van der Waals surface area contributed by atoms with E-state index in [0.29, 0.717) is 6.04 Å². The summed E-state index contributed by atoms with van der Waals surface area (Å²) >= 11 is 0. The van der Waals surface area contributed by atoms with Gasteiger partial charge in [0.25, 0.3) is 0 Å². The van der Waals surface area contributed by atoms with Crippen molar-refractivity contribution in [2.75, 3.05) is 6.54 Å². The molecule has 6 heavy (non-hydrogen) atoms. The lowest BCUT2D eigenvalue weighted by molar-refractivity contribution is 0.0181. The molecule has 0 aromatic heterocycles. The van der Waals surface area contributed by atoms with Crippen LogP contribution in [-0.2, 0) is 0 Å². The minimum atomic E-state index is 0.491. The van der Waals surface area contributed by atoms with Crippen molar-refractivity contribution in [2.45, 2.75) is 19.4 Å². The van der Waals surface area contributed by atoms with Gasteiger partial charge in [0.15, 0.2) is 0 Å². The van der Waals surface area contributed by atoms with Gasteiger partial charge in [0.2, 0.25) is 0 Å². The van der Waals surface area contributed by atoms with Crippen molar-refractivity contribution in [1.29, 1.82) is 0 Å². The molecule has 0 spiro atoms. The van der Waals surface area contributed by atoms with Gasteiger partial charge in [-0.3, -0.25) is 0 Å². The third kappa shape index (κ3) is 0.533. The van der Waals surface area contributed by atoms with Crippen LogP contribution in [0.15, 0.2) is 0 Å². The molecule has 0 saturated carbocycles. The highest BCUT2D eigenvalue weighted by atomic mass is 16.5. The Hall–Kier alpha value is -0.0800. The SMILES string of the molecule is CCC1CN1O. The lowest BCUT2D eigenvalue weighted by Gasteiger charge is -1.82. The van der Waals surface area contributed by atoms with Crippen LogP contribution in [0.3, 0.4) is 0 Å². The first-order valence-electron chi connectivity index (χ1n) is 2.30. The first-order chi connectivity index (χ1) is 2.84. The summed E-state index contributed by atoms with van der Waals surface area (Å²) in [7, 11) is 0. The first kappa shape index (κ1) is 4.09. The molecule has 0 aliphatic carbocycles. The predicted octanol–water partition coefficient (Wildman–Crippen LogP) is 0.470. The van der Waals surface area contributed by atoms with E-state index in [0.717, 1.165) is 13.0 Å². The standard InChI is InChI=1S/C4H9NO/c1-2-4-3-5(4)6/h4,6H,2-3H2,1H3. The van der Waals surface area contributed by atoms with Crippen molar-refractivity contribution >= 4 is 0 Å². The maximum absolute atomic E-state index is 8.46. The van der Waals surface area contributed by atoms with E-state index in [-0.39, 0.29) is 0 Å². The number of hydrogen-bond acceptors (Lipinski definition) is 2. The molecule has 0 aromatic carbocycles. The zero-order chi connectivity index (χ0) is 4.57. The fourth-order valence-corrected chi connectivity index (χ4v) is 0.509. The number of hydrogen-bond donors (Lipinski definition) is 1. The normalized spacial score (nSPS) is 43.0. The van der Waals surface area contributed by atoms with Crippen LogP contribution >= 0.6 is 0 Å². The molecule has 1 heterocycles. The lowest BCUT2D eigenvalue weighted by atomic mass is 10.4. The molecule has 2 nitrogen and oxygen atoms in total. The van der Waals surface area contributed by atoms with Gasteiger partial charge in [-0.05, 0) is 6.42 Å². The van der Waals surface area contributed by atoms with Gasteiger partial charge in [0.1, 0.15) is 0 Å². The molecule has 2 atom stereocenters. The summed E-state index contributed by atoms with van der Waals surface area (Å²) in [6.07, 6.45) is 1.08. The van der Waals surface area contributed by atoms with Gasteiger partial charge in [-0.1, -0.05) is 6.92 Å². The largest absolute Gasteiger partial charge is 0.314 e. The molecule has 0 radical (unpaired) electrons. The van der Waals surface area contributed by atoms with E-state index in [1.54, 1.807) is 0 Å². The molecule has 1 rings (SSSR count). The van der Waals surface area contributed by atoms with Crippen LogP contribution < -0.4 is 0 Å². The average Bonchev–Trinajstić information content (AvgIpc) is 2.19. The topological polar surface area (TPSA) is 23.2 Å². The number of rotatable bonds is 1. The molecule has 1 aliphatic rings. The third-order valence-electron chi connectivity index (χ3n) is 1.16. The third-order valence-corrected chi connectivity index (χ3v) is 1.16. The lowest BCUT2D eigenvalue weighted by Crippen LogP contribution is -1.90. The molecule has 0 aromatic rings. The van der Waals surface area contributed by atoms with Gasteiger partial charge < -0.3 is 5.21 Å². The van der Waals surface area contributed by atoms with Gasteiger partial charge in [-0.2, -0.15) is 5.06 Å². The molecule has 2 unspecified atom stereocenters. The summed E-state index contributed by atoms with van der Waals surface area (Å²) in [6, 6.07) is 0.491. The minimum absolute atomic E-state index is 0.491. The number of hydroxylamine groups is 2. The van der Waals surface area contributed by atoms with Gasteiger partial charge in [0, 0.05) is 12.6 Å². The summed E-state index contributed by atoms with van der Waals surface area (Å²) in [5.74, 6) is 0. The van der Waals surface area contributed by atoms with Crippen molar-refractivity contribution < 1.29 is 5.21 Å². The zero-order valence-electron chi connectivity index (χ0n) is 3.89. The Labute approximate surface area is 37.3 Å². The smallest absolute Gasteiger partial charge is 0.0498 e. The fraction of sp³-hybridized carbons (Fsp3) is 1.00. The van der Waals surface area contributed by atoms with Crippen molar-refractivity contribution in [3.05, 3.63) is 0 Å². The Bertz CT molecular complexity index is 53.5. The fourth-order valence-electron chi connectivity index (χ4n) is 0.509. The van der Waals surface area contributed by atoms with Crippen LogP contribution in [0.4, 0.5) is 0 Å². The van der Waals surface area contributed by atoms with E-state index in [1.165, 1.54) is 5.06 Å². The maximum Gasteiger partial charge on any atom is 0.0498 e. The summed E-state index contributed by atoms with van der Waals surface area (Å²) in [4.78, 5) is 0. The average molecular weight is 87.1 g/mol. The quantitative estimate of drug-likeness (QED) is 0.470. The summed E-state index contributed by atoms with van der Waals surface area (Å²) in [5, 5.41) is 9.81. The number of nitrogens with zero attached hydrogens (tertiary/aromatic N) is 1. The van der Waals surface area contributed by atoms with E-state index in [1.807, 2.05) is 0 Å². The highest BCUT2D eigenvalue weighted by molar-refractivity contribution is 4.78. The maximum atomic E-state index is 8.46. The summed E-state index contributed by atoms with van der Waals surface area (Å²) in [6.45, 7) is 2.96. The van der Waals surface area contributed by atoms with Crippen LogP contribution in [0.1, 0.15) is 13.3 Å². The zero-order valence-corrected chi connectivity index (χ0v) is 3.89. The Morgan fingerprint density at radius 2 is 2.50 bits per heavy atom. The minimum Gasteiger partial charge on any atom is -0.314 e. The highest BCUT2D eigenvalue weighted by Gasteiger charge is 2.29. The van der Waals surface area contributed by atoms with Crippen LogP contribution in [0, 0.1) is 0 Å². The van der Waals surface area contributed by atoms with Crippen molar-refractivity contribution in [3.63, 3.8) is 0 Å². The van der Waals surface area contributed by atoms with Crippen molar-refractivity contribution in [3.8, 4) is 0 Å². The predicted molar refractivity (Wildman–Crippen MR) is 22.6 cm³/mol. The molecule has 1 saturated heterocycles. The van der Waals surface area contributed by atoms with E-state index in [9.17, 15) is 0 Å².